The third kappa shape index (κ3) is 4.13. The predicted molar refractivity (Wildman–Crippen MR) is 106 cm³/mol. The van der Waals surface area contributed by atoms with E-state index in [-0.39, 0.29) is 17.3 Å². The summed E-state index contributed by atoms with van der Waals surface area (Å²) in [4.78, 5) is 23.0. The summed E-state index contributed by atoms with van der Waals surface area (Å²) in [5.74, 6) is 0.884. The van der Waals surface area contributed by atoms with Gasteiger partial charge < -0.3 is 10.5 Å². The zero-order valence-electron chi connectivity index (χ0n) is 14.8. The highest BCUT2D eigenvalue weighted by Crippen LogP contribution is 2.43. The molecule has 0 radical (unpaired) electrons. The summed E-state index contributed by atoms with van der Waals surface area (Å²) in [6.07, 6.45) is 2.88. The van der Waals surface area contributed by atoms with Crippen LogP contribution in [-0.4, -0.2) is 33.0 Å². The number of hydrogen-bond acceptors (Lipinski definition) is 7. The highest BCUT2D eigenvalue weighted by Gasteiger charge is 2.33. The zero-order valence-corrected chi connectivity index (χ0v) is 17.2. The minimum atomic E-state index is -0.328. The lowest BCUT2D eigenvalue weighted by Gasteiger charge is -2.33. The first-order valence-corrected chi connectivity index (χ1v) is 11.2. The van der Waals surface area contributed by atoms with Gasteiger partial charge in [0.05, 0.1) is 18.0 Å². The van der Waals surface area contributed by atoms with Gasteiger partial charge in [-0.2, -0.15) is 0 Å². The summed E-state index contributed by atoms with van der Waals surface area (Å²) >= 11 is 4.76. The van der Waals surface area contributed by atoms with Gasteiger partial charge in [-0.3, -0.25) is 4.79 Å². The maximum atomic E-state index is 11.3. The molecule has 2 aromatic rings. The smallest absolute Gasteiger partial charge is 0.227 e. The average molecular weight is 398 g/mol. The van der Waals surface area contributed by atoms with Crippen molar-refractivity contribution in [2.45, 2.75) is 62.4 Å². The Kier molecular flexibility index (Phi) is 5.92. The van der Waals surface area contributed by atoms with E-state index in [1.54, 1.807) is 23.1 Å². The Balaban J connectivity index is 2.07. The molecule has 1 atom stereocenters. The Labute approximate surface area is 160 Å². The van der Waals surface area contributed by atoms with E-state index in [1.165, 1.54) is 22.2 Å². The molecule has 2 aromatic heterocycles. The fraction of sp³-hybridized carbons (Fsp3) is 0.588. The molecular formula is C17H23N3O2S3. The molecule has 1 aliphatic rings. The van der Waals surface area contributed by atoms with E-state index in [0.29, 0.717) is 6.61 Å². The predicted octanol–water partition coefficient (Wildman–Crippen LogP) is 4.01. The van der Waals surface area contributed by atoms with Crippen LogP contribution in [0.5, 0.6) is 0 Å². The third-order valence-electron chi connectivity index (χ3n) is 4.32. The molecule has 1 aliphatic heterocycles. The standard InChI is InChI=1S/C17H23N3O2S3/c1-4-6-23-16-19-14(24-9-12(18)21)13-10-7-17(3,5-2)22-8-11(10)25-15(13)20-16/h4-9H2,1-3H3,(H2,18,21)/t17-/m0/s1. The van der Waals surface area contributed by atoms with Crippen molar-refractivity contribution < 1.29 is 9.53 Å². The first-order chi connectivity index (χ1) is 12.0. The van der Waals surface area contributed by atoms with Crippen LogP contribution in [0.2, 0.25) is 0 Å². The fourth-order valence-corrected chi connectivity index (χ4v) is 5.52. The van der Waals surface area contributed by atoms with Gasteiger partial charge in [-0.1, -0.05) is 37.4 Å². The normalized spacial score (nSPS) is 20.0. The highest BCUT2D eigenvalue weighted by molar-refractivity contribution is 8.00. The Hall–Kier alpha value is -0.830. The van der Waals surface area contributed by atoms with E-state index in [1.807, 2.05) is 0 Å². The van der Waals surface area contributed by atoms with E-state index in [9.17, 15) is 4.79 Å². The van der Waals surface area contributed by atoms with Crippen LogP contribution in [0.3, 0.4) is 0 Å². The summed E-state index contributed by atoms with van der Waals surface area (Å²) in [6, 6.07) is 0. The van der Waals surface area contributed by atoms with Gasteiger partial charge in [-0.25, -0.2) is 9.97 Å². The molecular weight excluding hydrogens is 374 g/mol. The third-order valence-corrected chi connectivity index (χ3v) is 7.47. The van der Waals surface area contributed by atoms with Crippen LogP contribution in [0.1, 0.15) is 44.1 Å². The van der Waals surface area contributed by atoms with Crippen LogP contribution in [0.4, 0.5) is 0 Å². The number of amides is 1. The van der Waals surface area contributed by atoms with Crippen molar-refractivity contribution in [3.05, 3.63) is 10.4 Å². The fourth-order valence-electron chi connectivity index (χ4n) is 2.75. The number of nitrogens with two attached hydrogens (primary N) is 1. The summed E-state index contributed by atoms with van der Waals surface area (Å²) in [6.45, 7) is 7.07. The van der Waals surface area contributed by atoms with Crippen molar-refractivity contribution in [1.29, 1.82) is 0 Å². The first-order valence-electron chi connectivity index (χ1n) is 8.46. The van der Waals surface area contributed by atoms with E-state index in [2.05, 4.69) is 20.8 Å². The molecule has 3 heterocycles. The van der Waals surface area contributed by atoms with Gasteiger partial charge >= 0.3 is 0 Å². The van der Waals surface area contributed by atoms with Crippen LogP contribution in [0, 0.1) is 0 Å². The highest BCUT2D eigenvalue weighted by atomic mass is 32.2. The molecule has 2 N–H and O–H groups in total. The second-order valence-corrected chi connectivity index (χ2v) is 9.48. The topological polar surface area (TPSA) is 78.1 Å². The largest absolute Gasteiger partial charge is 0.369 e. The van der Waals surface area contributed by atoms with Gasteiger partial charge in [0.15, 0.2) is 5.16 Å². The molecule has 0 aliphatic carbocycles. The number of thiophene rings is 1. The number of thioether (sulfide) groups is 2. The Morgan fingerprint density at radius 3 is 2.84 bits per heavy atom. The van der Waals surface area contributed by atoms with Gasteiger partial charge in [0.1, 0.15) is 9.86 Å². The molecule has 0 bridgehead atoms. The Bertz CT molecular complexity index is 793. The lowest BCUT2D eigenvalue weighted by Crippen LogP contribution is -2.33. The molecule has 1 amide bonds. The molecule has 5 nitrogen and oxygen atoms in total. The van der Waals surface area contributed by atoms with Crippen molar-refractivity contribution in [2.75, 3.05) is 11.5 Å². The molecule has 25 heavy (non-hydrogen) atoms. The number of carbonyl (C=O) groups is 1. The number of fused-ring (bicyclic) bond motifs is 3. The molecule has 0 saturated heterocycles. The van der Waals surface area contributed by atoms with Crippen LogP contribution < -0.4 is 5.73 Å². The molecule has 0 fully saturated rings. The van der Waals surface area contributed by atoms with E-state index in [4.69, 9.17) is 20.4 Å². The lowest BCUT2D eigenvalue weighted by molar-refractivity contribution is -0.115. The number of hydrogen-bond donors (Lipinski definition) is 1. The number of carbonyl (C=O) groups excluding carboxylic acids is 1. The molecule has 0 spiro atoms. The van der Waals surface area contributed by atoms with Crippen molar-refractivity contribution in [2.24, 2.45) is 5.73 Å². The Morgan fingerprint density at radius 1 is 1.36 bits per heavy atom. The molecule has 0 saturated carbocycles. The van der Waals surface area contributed by atoms with Crippen LogP contribution in [0.15, 0.2) is 10.2 Å². The van der Waals surface area contributed by atoms with Crippen LogP contribution >= 0.6 is 34.9 Å². The number of nitrogens with zero attached hydrogens (tertiary/aromatic N) is 2. The molecule has 0 unspecified atom stereocenters. The SMILES string of the molecule is CCCSc1nc(SCC(N)=O)c2c3c(sc2n1)CO[C@@](C)(CC)C3. The maximum Gasteiger partial charge on any atom is 0.227 e. The number of ether oxygens (including phenoxy) is 1. The zero-order chi connectivity index (χ0) is 18.0. The average Bonchev–Trinajstić information content (AvgIpc) is 2.95. The van der Waals surface area contributed by atoms with Gasteiger partial charge in [0.2, 0.25) is 5.91 Å². The second kappa shape index (κ2) is 7.82. The maximum absolute atomic E-state index is 11.3. The van der Waals surface area contributed by atoms with Crippen molar-refractivity contribution >= 4 is 51.0 Å². The van der Waals surface area contributed by atoms with E-state index < -0.39 is 0 Å². The summed E-state index contributed by atoms with van der Waals surface area (Å²) in [5, 5.41) is 2.74. The van der Waals surface area contributed by atoms with Gasteiger partial charge in [-0.15, -0.1) is 11.3 Å². The van der Waals surface area contributed by atoms with Crippen molar-refractivity contribution in [3.63, 3.8) is 0 Å². The van der Waals surface area contributed by atoms with Gasteiger partial charge in [0.25, 0.3) is 0 Å². The number of rotatable bonds is 7. The molecule has 0 aromatic carbocycles. The number of aromatic nitrogens is 2. The lowest BCUT2D eigenvalue weighted by atomic mass is 9.90. The number of primary amides is 1. The van der Waals surface area contributed by atoms with Gasteiger partial charge in [0, 0.05) is 22.4 Å². The minimum absolute atomic E-state index is 0.151. The quantitative estimate of drug-likeness (QED) is 0.432. The Morgan fingerprint density at radius 2 is 2.16 bits per heavy atom. The molecule has 136 valence electrons. The van der Waals surface area contributed by atoms with Crippen LogP contribution in [0.25, 0.3) is 10.2 Å². The minimum Gasteiger partial charge on any atom is -0.369 e. The van der Waals surface area contributed by atoms with Crippen LogP contribution in [-0.2, 0) is 22.6 Å². The molecule has 3 rings (SSSR count). The van der Waals surface area contributed by atoms with E-state index >= 15 is 0 Å². The first kappa shape index (κ1) is 18.9. The summed E-state index contributed by atoms with van der Waals surface area (Å²) in [5.41, 5.74) is 6.49. The second-order valence-electron chi connectivity index (χ2n) is 6.37. The molecule has 8 heteroatoms. The summed E-state index contributed by atoms with van der Waals surface area (Å²) < 4.78 is 6.08. The van der Waals surface area contributed by atoms with Crippen molar-refractivity contribution in [3.8, 4) is 0 Å². The van der Waals surface area contributed by atoms with Gasteiger partial charge in [-0.05, 0) is 25.3 Å². The van der Waals surface area contributed by atoms with Crippen molar-refractivity contribution in [1.82, 2.24) is 9.97 Å². The van der Waals surface area contributed by atoms with E-state index in [0.717, 1.165) is 45.4 Å². The monoisotopic (exact) mass is 397 g/mol. The summed E-state index contributed by atoms with van der Waals surface area (Å²) in [7, 11) is 0.